The molecule has 3 heterocycles. The summed E-state index contributed by atoms with van der Waals surface area (Å²) >= 11 is 0. The Hall–Kier alpha value is -3.29. The molecule has 0 radical (unpaired) electrons. The fraction of sp³-hybridized carbons (Fsp3) is 0.222. The number of nitrogens with one attached hydrogen (secondary N) is 1. The van der Waals surface area contributed by atoms with Crippen LogP contribution in [0.2, 0.25) is 0 Å². The second-order valence-corrected chi connectivity index (χ2v) is 6.08. The Balaban J connectivity index is 1.29. The lowest BCUT2D eigenvalue weighted by atomic mass is 10.0. The number of nitrogens with zero attached hydrogens (tertiary/aromatic N) is 4. The normalized spacial score (nSPS) is 14.1. The molecule has 132 valence electrons. The van der Waals surface area contributed by atoms with Gasteiger partial charge in [0.05, 0.1) is 5.92 Å². The van der Waals surface area contributed by atoms with E-state index in [1.807, 2.05) is 12.1 Å². The molecule has 2 amide bonds. The minimum atomic E-state index is -0.295. The summed E-state index contributed by atoms with van der Waals surface area (Å²) < 4.78 is 18.2. The minimum absolute atomic E-state index is 0.0367. The molecule has 1 N–H and O–H groups in total. The van der Waals surface area contributed by atoms with E-state index in [-0.39, 0.29) is 17.8 Å². The van der Waals surface area contributed by atoms with Gasteiger partial charge in [-0.15, -0.1) is 0 Å². The van der Waals surface area contributed by atoms with Gasteiger partial charge in [-0.3, -0.25) is 4.98 Å². The Morgan fingerprint density at radius 1 is 1.19 bits per heavy atom. The van der Waals surface area contributed by atoms with Crippen molar-refractivity contribution in [1.82, 2.24) is 25.3 Å². The molecule has 0 saturated carbocycles. The Morgan fingerprint density at radius 2 is 1.92 bits per heavy atom. The van der Waals surface area contributed by atoms with Crippen LogP contribution in [-0.4, -0.2) is 39.1 Å². The van der Waals surface area contributed by atoms with E-state index >= 15 is 0 Å². The van der Waals surface area contributed by atoms with Crippen LogP contribution in [0.4, 0.5) is 9.18 Å². The molecule has 1 fully saturated rings. The van der Waals surface area contributed by atoms with Gasteiger partial charge in [0, 0.05) is 37.6 Å². The van der Waals surface area contributed by atoms with Crippen molar-refractivity contribution in [2.45, 2.75) is 12.5 Å². The van der Waals surface area contributed by atoms with Crippen LogP contribution in [0, 0.1) is 5.82 Å². The highest BCUT2D eigenvalue weighted by Crippen LogP contribution is 2.27. The largest absolute Gasteiger partial charge is 0.339 e. The lowest BCUT2D eigenvalue weighted by Crippen LogP contribution is -2.52. The van der Waals surface area contributed by atoms with Crippen LogP contribution in [-0.2, 0) is 6.54 Å². The number of hydrogen-bond acceptors (Lipinski definition) is 5. The van der Waals surface area contributed by atoms with Crippen molar-refractivity contribution in [3.63, 3.8) is 0 Å². The minimum Gasteiger partial charge on any atom is -0.339 e. The van der Waals surface area contributed by atoms with Gasteiger partial charge in [-0.05, 0) is 29.8 Å². The second kappa shape index (κ2) is 6.91. The number of likely N-dealkylation sites (tertiary alicyclic amines) is 1. The first-order chi connectivity index (χ1) is 12.7. The molecule has 1 aromatic carbocycles. The number of aromatic nitrogens is 3. The number of rotatable bonds is 4. The van der Waals surface area contributed by atoms with Gasteiger partial charge in [-0.1, -0.05) is 17.3 Å². The van der Waals surface area contributed by atoms with Gasteiger partial charge in [0.25, 0.3) is 0 Å². The summed E-state index contributed by atoms with van der Waals surface area (Å²) in [5.74, 6) is 0.784. The Labute approximate surface area is 148 Å². The zero-order chi connectivity index (χ0) is 17.9. The van der Waals surface area contributed by atoms with E-state index in [0.29, 0.717) is 31.3 Å². The van der Waals surface area contributed by atoms with Crippen molar-refractivity contribution < 1.29 is 13.7 Å². The molecule has 7 nitrogen and oxygen atoms in total. The highest BCUT2D eigenvalue weighted by atomic mass is 19.1. The monoisotopic (exact) mass is 353 g/mol. The first-order valence-electron chi connectivity index (χ1n) is 8.20. The van der Waals surface area contributed by atoms with Gasteiger partial charge in [-0.2, -0.15) is 4.98 Å². The maximum absolute atomic E-state index is 12.9. The van der Waals surface area contributed by atoms with Gasteiger partial charge in [0.2, 0.25) is 11.7 Å². The van der Waals surface area contributed by atoms with Crippen molar-refractivity contribution in [1.29, 1.82) is 0 Å². The molecule has 1 aliphatic heterocycles. The molecule has 1 saturated heterocycles. The Bertz CT molecular complexity index is 891. The molecule has 0 bridgehead atoms. The van der Waals surface area contributed by atoms with Crippen LogP contribution < -0.4 is 5.32 Å². The summed E-state index contributed by atoms with van der Waals surface area (Å²) in [5, 5.41) is 6.79. The van der Waals surface area contributed by atoms with Crippen molar-refractivity contribution in [2.75, 3.05) is 13.1 Å². The summed E-state index contributed by atoms with van der Waals surface area (Å²) in [6.45, 7) is 1.40. The summed E-state index contributed by atoms with van der Waals surface area (Å²) in [6, 6.07) is 9.49. The molecule has 2 aromatic heterocycles. The molecule has 0 spiro atoms. The zero-order valence-electron chi connectivity index (χ0n) is 13.8. The summed E-state index contributed by atoms with van der Waals surface area (Å²) in [7, 11) is 0. The van der Waals surface area contributed by atoms with Gasteiger partial charge in [-0.25, -0.2) is 9.18 Å². The average molecular weight is 353 g/mol. The average Bonchev–Trinajstić information content (AvgIpc) is 3.10. The Kier molecular flexibility index (Phi) is 4.30. The van der Waals surface area contributed by atoms with Gasteiger partial charge in [0.15, 0.2) is 0 Å². The van der Waals surface area contributed by atoms with Crippen molar-refractivity contribution in [3.8, 4) is 11.4 Å². The molecule has 4 rings (SSSR count). The molecular formula is C18H16FN5O2. The van der Waals surface area contributed by atoms with Gasteiger partial charge in [0.1, 0.15) is 5.82 Å². The van der Waals surface area contributed by atoms with Gasteiger partial charge >= 0.3 is 6.03 Å². The molecular weight excluding hydrogens is 337 g/mol. The number of urea groups is 1. The number of hydrogen-bond donors (Lipinski definition) is 1. The van der Waals surface area contributed by atoms with E-state index in [1.54, 1.807) is 29.4 Å². The standard InChI is InChI=1S/C18H16FN5O2/c19-15-3-1-12(2-4-15)9-21-18(25)24-10-14(11-24)17-22-16(23-26-17)13-5-7-20-8-6-13/h1-8,14H,9-11H2,(H,21,25). The number of carbonyl (C=O) groups is 1. The topological polar surface area (TPSA) is 84.2 Å². The van der Waals surface area contributed by atoms with E-state index in [0.717, 1.165) is 11.1 Å². The molecule has 0 aliphatic carbocycles. The van der Waals surface area contributed by atoms with Crippen LogP contribution in [0.15, 0.2) is 53.3 Å². The van der Waals surface area contributed by atoms with Crippen LogP contribution in [0.5, 0.6) is 0 Å². The van der Waals surface area contributed by atoms with Crippen molar-refractivity contribution in [3.05, 3.63) is 66.1 Å². The third-order valence-corrected chi connectivity index (χ3v) is 4.26. The molecule has 0 unspecified atom stereocenters. The maximum Gasteiger partial charge on any atom is 0.317 e. The molecule has 0 atom stereocenters. The van der Waals surface area contributed by atoms with Crippen LogP contribution in [0.25, 0.3) is 11.4 Å². The van der Waals surface area contributed by atoms with E-state index in [2.05, 4.69) is 20.4 Å². The molecule has 26 heavy (non-hydrogen) atoms. The van der Waals surface area contributed by atoms with E-state index < -0.39 is 0 Å². The highest BCUT2D eigenvalue weighted by molar-refractivity contribution is 5.75. The molecule has 1 aliphatic rings. The fourth-order valence-electron chi connectivity index (χ4n) is 2.71. The summed E-state index contributed by atoms with van der Waals surface area (Å²) in [4.78, 5) is 22.2. The number of halogens is 1. The maximum atomic E-state index is 12.9. The van der Waals surface area contributed by atoms with Crippen LogP contribution >= 0.6 is 0 Å². The second-order valence-electron chi connectivity index (χ2n) is 6.08. The zero-order valence-corrected chi connectivity index (χ0v) is 13.8. The first-order valence-corrected chi connectivity index (χ1v) is 8.20. The lowest BCUT2D eigenvalue weighted by molar-refractivity contribution is 0.136. The third-order valence-electron chi connectivity index (χ3n) is 4.26. The van der Waals surface area contributed by atoms with E-state index in [9.17, 15) is 9.18 Å². The number of pyridine rings is 1. The summed E-state index contributed by atoms with van der Waals surface area (Å²) in [5.41, 5.74) is 1.68. The first kappa shape index (κ1) is 16.2. The SMILES string of the molecule is O=C(NCc1ccc(F)cc1)N1CC(c2nc(-c3ccncc3)no2)C1. The highest BCUT2D eigenvalue weighted by Gasteiger charge is 2.35. The molecule has 8 heteroatoms. The van der Waals surface area contributed by atoms with Crippen molar-refractivity contribution in [2.24, 2.45) is 0 Å². The molecule has 3 aromatic rings. The van der Waals surface area contributed by atoms with Crippen LogP contribution in [0.3, 0.4) is 0 Å². The Morgan fingerprint density at radius 3 is 2.65 bits per heavy atom. The quantitative estimate of drug-likeness (QED) is 0.779. The lowest BCUT2D eigenvalue weighted by Gasteiger charge is -2.36. The predicted molar refractivity (Wildman–Crippen MR) is 90.5 cm³/mol. The fourth-order valence-corrected chi connectivity index (χ4v) is 2.71. The summed E-state index contributed by atoms with van der Waals surface area (Å²) in [6.07, 6.45) is 3.34. The van der Waals surface area contributed by atoms with E-state index in [4.69, 9.17) is 4.52 Å². The number of benzene rings is 1. The van der Waals surface area contributed by atoms with Crippen LogP contribution in [0.1, 0.15) is 17.4 Å². The number of amides is 2. The predicted octanol–water partition coefficient (Wildman–Crippen LogP) is 2.58. The number of carbonyl (C=O) groups excluding carboxylic acids is 1. The van der Waals surface area contributed by atoms with E-state index in [1.165, 1.54) is 12.1 Å². The third kappa shape index (κ3) is 3.39. The van der Waals surface area contributed by atoms with Gasteiger partial charge < -0.3 is 14.7 Å². The van der Waals surface area contributed by atoms with Crippen molar-refractivity contribution >= 4 is 6.03 Å². The smallest absolute Gasteiger partial charge is 0.317 e.